The molecule has 0 amide bonds. The van der Waals surface area contributed by atoms with Crippen LogP contribution in [0.1, 0.15) is 30.3 Å². The van der Waals surface area contributed by atoms with E-state index in [-0.39, 0.29) is 19.0 Å². The third-order valence-corrected chi connectivity index (χ3v) is 4.92. The van der Waals surface area contributed by atoms with Gasteiger partial charge in [-0.2, -0.15) is 5.10 Å². The summed E-state index contributed by atoms with van der Waals surface area (Å²) in [5, 5.41) is 23.8. The molecule has 3 rings (SSSR count). The van der Waals surface area contributed by atoms with Gasteiger partial charge < -0.3 is 10.2 Å². The van der Waals surface area contributed by atoms with Gasteiger partial charge in [-0.15, -0.1) is 0 Å². The molecule has 5 nitrogen and oxygen atoms in total. The number of nitrogens with zero attached hydrogens (tertiary/aromatic N) is 3. The van der Waals surface area contributed by atoms with Crippen molar-refractivity contribution in [3.63, 3.8) is 0 Å². The molecule has 25 heavy (non-hydrogen) atoms. The van der Waals surface area contributed by atoms with Crippen LogP contribution < -0.4 is 0 Å². The molecule has 2 N–H and O–H groups in total. The Labute approximate surface area is 147 Å². The predicted molar refractivity (Wildman–Crippen MR) is 94.2 cm³/mol. The topological polar surface area (TPSA) is 61.5 Å². The van der Waals surface area contributed by atoms with Crippen LogP contribution in [0.25, 0.3) is 5.69 Å². The molecule has 0 spiro atoms. The van der Waals surface area contributed by atoms with E-state index in [9.17, 15) is 14.6 Å². The Morgan fingerprint density at radius 1 is 1.20 bits per heavy atom. The third kappa shape index (κ3) is 3.76. The van der Waals surface area contributed by atoms with Crippen molar-refractivity contribution >= 4 is 0 Å². The normalized spacial score (nSPS) is 14.3. The van der Waals surface area contributed by atoms with Gasteiger partial charge in [-0.1, -0.05) is 6.92 Å². The zero-order chi connectivity index (χ0) is 18.0. The summed E-state index contributed by atoms with van der Waals surface area (Å²) in [4.78, 5) is 2.09. The highest BCUT2D eigenvalue weighted by atomic mass is 19.1. The van der Waals surface area contributed by atoms with Gasteiger partial charge in [0.1, 0.15) is 5.82 Å². The van der Waals surface area contributed by atoms with Crippen LogP contribution in [0, 0.1) is 11.2 Å². The van der Waals surface area contributed by atoms with Crippen LogP contribution in [-0.4, -0.2) is 51.7 Å². The number of aliphatic hydroxyl groups excluding tert-OH is 2. The van der Waals surface area contributed by atoms with Gasteiger partial charge in [0.15, 0.2) is 0 Å². The molecular formula is C19H26FN3O2. The summed E-state index contributed by atoms with van der Waals surface area (Å²) in [5.74, 6) is -0.250. The second-order valence-corrected chi connectivity index (χ2v) is 7.41. The van der Waals surface area contributed by atoms with Crippen molar-refractivity contribution in [3.8, 4) is 5.69 Å². The van der Waals surface area contributed by atoms with Crippen LogP contribution in [0.15, 0.2) is 24.3 Å². The first-order valence-electron chi connectivity index (χ1n) is 8.71. The summed E-state index contributed by atoms with van der Waals surface area (Å²) >= 11 is 0. The Hall–Kier alpha value is -1.76. The lowest BCUT2D eigenvalue weighted by atomic mass is 9.92. The number of fused-ring (bicyclic) bond motifs is 1. The molecule has 0 radical (unpaired) electrons. The Kier molecular flexibility index (Phi) is 5.22. The van der Waals surface area contributed by atoms with E-state index in [1.54, 1.807) is 12.1 Å². The van der Waals surface area contributed by atoms with Crippen LogP contribution in [0.4, 0.5) is 4.39 Å². The van der Waals surface area contributed by atoms with E-state index in [0.29, 0.717) is 13.1 Å². The first-order chi connectivity index (χ1) is 12.0. The first-order valence-corrected chi connectivity index (χ1v) is 8.71. The number of hydrogen-bond donors (Lipinski definition) is 2. The Bertz CT molecular complexity index is 723. The van der Waals surface area contributed by atoms with Gasteiger partial charge in [-0.25, -0.2) is 9.07 Å². The number of rotatable bonds is 7. The second kappa shape index (κ2) is 7.23. The van der Waals surface area contributed by atoms with Gasteiger partial charge >= 0.3 is 0 Å². The van der Waals surface area contributed by atoms with Crippen molar-refractivity contribution in [1.29, 1.82) is 0 Å². The molecule has 0 atom stereocenters. The highest BCUT2D eigenvalue weighted by Crippen LogP contribution is 2.29. The number of hydrogen-bond acceptors (Lipinski definition) is 4. The predicted octanol–water partition coefficient (Wildman–Crippen LogP) is 1.92. The summed E-state index contributed by atoms with van der Waals surface area (Å²) in [6, 6.07) is 6.42. The van der Waals surface area contributed by atoms with Crippen molar-refractivity contribution in [3.05, 3.63) is 47.0 Å². The maximum Gasteiger partial charge on any atom is 0.123 e. The van der Waals surface area contributed by atoms with Crippen LogP contribution in [0.2, 0.25) is 0 Å². The minimum atomic E-state index is -0.530. The van der Waals surface area contributed by atoms with Gasteiger partial charge in [0, 0.05) is 24.2 Å². The number of aliphatic hydroxyl groups is 2. The molecule has 1 aliphatic carbocycles. The molecule has 0 fully saturated rings. The lowest BCUT2D eigenvalue weighted by molar-refractivity contribution is 0.0398. The van der Waals surface area contributed by atoms with E-state index in [2.05, 4.69) is 4.90 Å². The quantitative estimate of drug-likeness (QED) is 0.803. The highest BCUT2D eigenvalue weighted by Gasteiger charge is 2.27. The molecule has 0 saturated carbocycles. The zero-order valence-corrected chi connectivity index (χ0v) is 14.9. The molecule has 1 aromatic heterocycles. The Morgan fingerprint density at radius 3 is 2.52 bits per heavy atom. The summed E-state index contributed by atoms with van der Waals surface area (Å²) < 4.78 is 15.1. The molecule has 0 aliphatic heterocycles. The van der Waals surface area contributed by atoms with Crippen molar-refractivity contribution in [1.82, 2.24) is 14.7 Å². The van der Waals surface area contributed by atoms with Crippen molar-refractivity contribution in [2.24, 2.45) is 5.41 Å². The maximum atomic E-state index is 13.2. The van der Waals surface area contributed by atoms with Gasteiger partial charge in [-0.05, 0) is 56.1 Å². The average Bonchev–Trinajstić information content (AvgIpc) is 3.19. The lowest BCUT2D eigenvalue weighted by Crippen LogP contribution is -2.38. The molecule has 1 aromatic carbocycles. The van der Waals surface area contributed by atoms with Crippen molar-refractivity contribution in [2.75, 3.05) is 26.8 Å². The van der Waals surface area contributed by atoms with Gasteiger partial charge in [0.2, 0.25) is 0 Å². The summed E-state index contributed by atoms with van der Waals surface area (Å²) in [7, 11) is 1.97. The molecule has 0 saturated heterocycles. The monoisotopic (exact) mass is 347 g/mol. The standard InChI is InChI=1S/C19H26FN3O2/c1-19(12-24,13-25)11-22(2)10-17-16-4-3-5-18(16)23(21-17)15-8-6-14(20)7-9-15/h6-9,24-25H,3-5,10-13H2,1-2H3. The molecule has 6 heteroatoms. The number of halogens is 1. The van der Waals surface area contributed by atoms with E-state index < -0.39 is 5.41 Å². The fourth-order valence-corrected chi connectivity index (χ4v) is 3.55. The van der Waals surface area contributed by atoms with E-state index in [4.69, 9.17) is 5.10 Å². The summed E-state index contributed by atoms with van der Waals surface area (Å²) in [6.45, 7) is 2.99. The molecule has 2 aromatic rings. The minimum absolute atomic E-state index is 0.0596. The second-order valence-electron chi connectivity index (χ2n) is 7.41. The fourth-order valence-electron chi connectivity index (χ4n) is 3.55. The SMILES string of the molecule is CN(Cc1nn(-c2ccc(F)cc2)c2c1CCC2)CC(C)(CO)CO. The van der Waals surface area contributed by atoms with Gasteiger partial charge in [-0.3, -0.25) is 4.90 Å². The number of aromatic nitrogens is 2. The Morgan fingerprint density at radius 2 is 1.88 bits per heavy atom. The van der Waals surface area contributed by atoms with Crippen LogP contribution in [0.5, 0.6) is 0 Å². The molecule has 1 heterocycles. The summed E-state index contributed by atoms with van der Waals surface area (Å²) in [6.07, 6.45) is 3.10. The fraction of sp³-hybridized carbons (Fsp3) is 0.526. The number of benzene rings is 1. The highest BCUT2D eigenvalue weighted by molar-refractivity contribution is 5.40. The van der Waals surface area contributed by atoms with Crippen LogP contribution >= 0.6 is 0 Å². The zero-order valence-electron chi connectivity index (χ0n) is 14.9. The van der Waals surface area contributed by atoms with Crippen LogP contribution in [-0.2, 0) is 19.4 Å². The van der Waals surface area contributed by atoms with E-state index >= 15 is 0 Å². The smallest absolute Gasteiger partial charge is 0.123 e. The molecule has 1 aliphatic rings. The van der Waals surface area contributed by atoms with Crippen molar-refractivity contribution in [2.45, 2.75) is 32.7 Å². The van der Waals surface area contributed by atoms with Gasteiger partial charge in [0.05, 0.1) is 24.6 Å². The maximum absolute atomic E-state index is 13.2. The molecular weight excluding hydrogens is 321 g/mol. The van der Waals surface area contributed by atoms with E-state index in [1.165, 1.54) is 23.4 Å². The molecule has 136 valence electrons. The third-order valence-electron chi connectivity index (χ3n) is 4.92. The first kappa shape index (κ1) is 18.0. The van der Waals surface area contributed by atoms with E-state index in [0.717, 1.165) is 30.6 Å². The van der Waals surface area contributed by atoms with Crippen LogP contribution in [0.3, 0.4) is 0 Å². The summed E-state index contributed by atoms with van der Waals surface area (Å²) in [5.41, 5.74) is 3.87. The Balaban J connectivity index is 1.83. The molecule has 0 unspecified atom stereocenters. The lowest BCUT2D eigenvalue weighted by Gasteiger charge is -2.30. The van der Waals surface area contributed by atoms with Gasteiger partial charge in [0.25, 0.3) is 0 Å². The molecule has 0 bridgehead atoms. The van der Waals surface area contributed by atoms with Crippen molar-refractivity contribution < 1.29 is 14.6 Å². The minimum Gasteiger partial charge on any atom is -0.396 e. The van der Waals surface area contributed by atoms with E-state index in [1.807, 2.05) is 18.7 Å². The average molecular weight is 347 g/mol. The largest absolute Gasteiger partial charge is 0.396 e.